The lowest BCUT2D eigenvalue weighted by atomic mass is 10.0. The number of hydrogen-bond acceptors (Lipinski definition) is 2. The molecular weight excluding hydrogens is 256 g/mol. The highest BCUT2D eigenvalue weighted by Gasteiger charge is 2.23. The number of rotatable bonds is 2. The molecule has 1 aromatic carbocycles. The van der Waals surface area contributed by atoms with Crippen LogP contribution in [-0.4, -0.2) is 34.3 Å². The van der Waals surface area contributed by atoms with E-state index in [0.29, 0.717) is 0 Å². The highest BCUT2D eigenvalue weighted by Crippen LogP contribution is 2.20. The molecule has 0 aromatic heterocycles. The summed E-state index contributed by atoms with van der Waals surface area (Å²) in [5, 5.41) is 13.5. The summed E-state index contributed by atoms with van der Waals surface area (Å²) >= 11 is 5.50. The zero-order chi connectivity index (χ0) is 13.8. The number of piperidine rings is 1. The standard InChI is InChI=1S/C15H22N2OS/c1-11-6-7-14(12(2)9-11)16-15(19)17-8-4-3-5-13(17)10-18/h6-7,9,13,18H,3-5,8,10H2,1-2H3,(H,16,19). The van der Waals surface area contributed by atoms with Gasteiger partial charge in [-0.1, -0.05) is 17.7 Å². The maximum Gasteiger partial charge on any atom is 0.173 e. The highest BCUT2D eigenvalue weighted by atomic mass is 32.1. The summed E-state index contributed by atoms with van der Waals surface area (Å²) in [4.78, 5) is 2.12. The van der Waals surface area contributed by atoms with Crippen LogP contribution >= 0.6 is 12.2 Å². The van der Waals surface area contributed by atoms with Crippen molar-refractivity contribution in [3.8, 4) is 0 Å². The van der Waals surface area contributed by atoms with Gasteiger partial charge in [0.15, 0.2) is 5.11 Å². The molecule has 1 aliphatic heterocycles. The number of aliphatic hydroxyl groups excluding tert-OH is 1. The first-order valence-corrected chi connectivity index (χ1v) is 7.28. The molecule has 1 aliphatic rings. The minimum atomic E-state index is 0.166. The first-order chi connectivity index (χ1) is 9.11. The zero-order valence-corrected chi connectivity index (χ0v) is 12.5. The zero-order valence-electron chi connectivity index (χ0n) is 11.6. The SMILES string of the molecule is Cc1ccc(NC(=S)N2CCCCC2CO)c(C)c1. The second kappa shape index (κ2) is 6.35. The predicted molar refractivity (Wildman–Crippen MR) is 83.6 cm³/mol. The van der Waals surface area contributed by atoms with Crippen LogP contribution in [0.2, 0.25) is 0 Å². The molecule has 0 bridgehead atoms. The van der Waals surface area contributed by atoms with E-state index in [1.54, 1.807) is 0 Å². The summed E-state index contributed by atoms with van der Waals surface area (Å²) in [6, 6.07) is 6.46. The minimum Gasteiger partial charge on any atom is -0.394 e. The number of hydrogen-bond donors (Lipinski definition) is 2. The van der Waals surface area contributed by atoms with Crippen LogP contribution in [0.1, 0.15) is 30.4 Å². The summed E-state index contributed by atoms with van der Waals surface area (Å²) < 4.78 is 0. The number of aliphatic hydroxyl groups is 1. The van der Waals surface area contributed by atoms with E-state index >= 15 is 0 Å². The van der Waals surface area contributed by atoms with Crippen LogP contribution in [0.15, 0.2) is 18.2 Å². The van der Waals surface area contributed by atoms with E-state index in [0.717, 1.165) is 30.2 Å². The number of benzene rings is 1. The van der Waals surface area contributed by atoms with E-state index in [4.69, 9.17) is 12.2 Å². The van der Waals surface area contributed by atoms with E-state index in [2.05, 4.69) is 42.3 Å². The van der Waals surface area contributed by atoms with Crippen LogP contribution in [0, 0.1) is 13.8 Å². The Labute approximate surface area is 120 Å². The molecule has 1 aromatic rings. The largest absolute Gasteiger partial charge is 0.394 e. The summed E-state index contributed by atoms with van der Waals surface area (Å²) in [5.41, 5.74) is 3.50. The minimum absolute atomic E-state index is 0.166. The molecule has 4 heteroatoms. The molecule has 1 unspecified atom stereocenters. The van der Waals surface area contributed by atoms with Gasteiger partial charge in [0.1, 0.15) is 0 Å². The summed E-state index contributed by atoms with van der Waals surface area (Å²) in [6.45, 7) is 5.27. The van der Waals surface area contributed by atoms with E-state index in [9.17, 15) is 5.11 Å². The van der Waals surface area contributed by atoms with Crippen LogP contribution in [-0.2, 0) is 0 Å². The first kappa shape index (κ1) is 14.3. The van der Waals surface area contributed by atoms with E-state index in [1.165, 1.54) is 17.5 Å². The first-order valence-electron chi connectivity index (χ1n) is 6.87. The Hall–Kier alpha value is -1.13. The molecule has 0 spiro atoms. The van der Waals surface area contributed by atoms with Crippen LogP contribution in [0.3, 0.4) is 0 Å². The van der Waals surface area contributed by atoms with Crippen molar-refractivity contribution < 1.29 is 5.11 Å². The van der Waals surface area contributed by atoms with Gasteiger partial charge >= 0.3 is 0 Å². The third-order valence-corrected chi connectivity index (χ3v) is 4.06. The lowest BCUT2D eigenvalue weighted by Crippen LogP contribution is -2.47. The third kappa shape index (κ3) is 3.45. The fourth-order valence-corrected chi connectivity index (χ4v) is 2.95. The van der Waals surface area contributed by atoms with Gasteiger partial charge in [-0.2, -0.15) is 0 Å². The lowest BCUT2D eigenvalue weighted by molar-refractivity contribution is 0.149. The average Bonchev–Trinajstić information content (AvgIpc) is 2.41. The molecule has 19 heavy (non-hydrogen) atoms. The quantitative estimate of drug-likeness (QED) is 0.816. The van der Waals surface area contributed by atoms with Crippen LogP contribution in [0.4, 0.5) is 5.69 Å². The molecule has 1 atom stereocenters. The molecule has 2 N–H and O–H groups in total. The van der Waals surface area contributed by atoms with Crippen LogP contribution < -0.4 is 5.32 Å². The summed E-state index contributed by atoms with van der Waals surface area (Å²) in [6.07, 6.45) is 3.34. The second-order valence-electron chi connectivity index (χ2n) is 5.27. The summed E-state index contributed by atoms with van der Waals surface area (Å²) in [7, 11) is 0. The van der Waals surface area contributed by atoms with Gasteiger partial charge in [0.25, 0.3) is 0 Å². The number of nitrogens with zero attached hydrogens (tertiary/aromatic N) is 1. The van der Waals surface area contributed by atoms with Crippen LogP contribution in [0.25, 0.3) is 0 Å². The Morgan fingerprint density at radius 2 is 2.21 bits per heavy atom. The van der Waals surface area contributed by atoms with Crippen molar-refractivity contribution in [2.75, 3.05) is 18.5 Å². The van der Waals surface area contributed by atoms with Crippen molar-refractivity contribution in [1.82, 2.24) is 4.90 Å². The maximum atomic E-state index is 9.44. The van der Waals surface area contributed by atoms with Crippen molar-refractivity contribution >= 4 is 23.0 Å². The topological polar surface area (TPSA) is 35.5 Å². The third-order valence-electron chi connectivity index (χ3n) is 3.72. The molecule has 104 valence electrons. The second-order valence-corrected chi connectivity index (χ2v) is 5.66. The molecular formula is C15H22N2OS. The van der Waals surface area contributed by atoms with Crippen molar-refractivity contribution in [3.63, 3.8) is 0 Å². The number of nitrogens with one attached hydrogen (secondary N) is 1. The van der Waals surface area contributed by atoms with E-state index in [1.807, 2.05) is 0 Å². The van der Waals surface area contributed by atoms with Gasteiger partial charge in [-0.05, 0) is 57.0 Å². The number of anilines is 1. The lowest BCUT2D eigenvalue weighted by Gasteiger charge is -2.36. The van der Waals surface area contributed by atoms with E-state index < -0.39 is 0 Å². The molecule has 1 heterocycles. The Morgan fingerprint density at radius 1 is 1.42 bits per heavy atom. The van der Waals surface area contributed by atoms with E-state index in [-0.39, 0.29) is 12.6 Å². The van der Waals surface area contributed by atoms with Crippen molar-refractivity contribution in [1.29, 1.82) is 0 Å². The van der Waals surface area contributed by atoms with Gasteiger partial charge in [0.2, 0.25) is 0 Å². The van der Waals surface area contributed by atoms with Crippen LogP contribution in [0.5, 0.6) is 0 Å². The molecule has 0 amide bonds. The Morgan fingerprint density at radius 3 is 2.89 bits per heavy atom. The molecule has 0 saturated carbocycles. The smallest absolute Gasteiger partial charge is 0.173 e. The average molecular weight is 278 g/mol. The Balaban J connectivity index is 2.07. The summed E-state index contributed by atoms with van der Waals surface area (Å²) in [5.74, 6) is 0. The fourth-order valence-electron chi connectivity index (χ4n) is 2.60. The van der Waals surface area contributed by atoms with Gasteiger partial charge < -0.3 is 15.3 Å². The number of thiocarbonyl (C=S) groups is 1. The maximum absolute atomic E-state index is 9.44. The van der Waals surface area contributed by atoms with Gasteiger partial charge in [-0.15, -0.1) is 0 Å². The van der Waals surface area contributed by atoms with Crippen molar-refractivity contribution in [3.05, 3.63) is 29.3 Å². The Kier molecular flexibility index (Phi) is 4.77. The molecule has 3 nitrogen and oxygen atoms in total. The molecule has 0 aliphatic carbocycles. The van der Waals surface area contributed by atoms with Gasteiger partial charge in [-0.3, -0.25) is 0 Å². The van der Waals surface area contributed by atoms with Gasteiger partial charge in [0, 0.05) is 12.2 Å². The highest BCUT2D eigenvalue weighted by molar-refractivity contribution is 7.80. The predicted octanol–water partition coefficient (Wildman–Crippen LogP) is 2.85. The Bertz CT molecular complexity index is 461. The molecule has 2 rings (SSSR count). The molecule has 0 radical (unpaired) electrons. The molecule has 1 saturated heterocycles. The van der Waals surface area contributed by atoms with Crippen molar-refractivity contribution in [2.45, 2.75) is 39.2 Å². The number of aryl methyl sites for hydroxylation is 2. The molecule has 1 fully saturated rings. The van der Waals surface area contributed by atoms with Gasteiger partial charge in [0.05, 0.1) is 12.6 Å². The monoisotopic (exact) mass is 278 g/mol. The fraction of sp³-hybridized carbons (Fsp3) is 0.533. The number of likely N-dealkylation sites (tertiary alicyclic amines) is 1. The normalized spacial score (nSPS) is 19.3. The van der Waals surface area contributed by atoms with Gasteiger partial charge in [-0.25, -0.2) is 0 Å². The van der Waals surface area contributed by atoms with Crippen molar-refractivity contribution in [2.24, 2.45) is 0 Å².